The number of amides is 1. The van der Waals surface area contributed by atoms with Crippen molar-refractivity contribution in [1.29, 1.82) is 0 Å². The molecule has 0 saturated carbocycles. The molecule has 0 radical (unpaired) electrons. The molecule has 18 heavy (non-hydrogen) atoms. The Morgan fingerprint density at radius 2 is 2.28 bits per heavy atom. The fourth-order valence-electron chi connectivity index (χ4n) is 2.02. The van der Waals surface area contributed by atoms with Gasteiger partial charge < -0.3 is 15.5 Å². The third-order valence-electron chi connectivity index (χ3n) is 2.95. The lowest BCUT2D eigenvalue weighted by Gasteiger charge is -2.30. The van der Waals surface area contributed by atoms with Crippen LogP contribution in [-0.2, 0) is 4.79 Å². The minimum atomic E-state index is -0.0763. The van der Waals surface area contributed by atoms with Crippen LogP contribution in [0.4, 0.5) is 0 Å². The van der Waals surface area contributed by atoms with Gasteiger partial charge in [0.05, 0.1) is 18.8 Å². The van der Waals surface area contributed by atoms with E-state index >= 15 is 0 Å². The number of nitrogens with two attached hydrogens (primary N) is 1. The highest BCUT2D eigenvalue weighted by Crippen LogP contribution is 2.23. The lowest BCUT2D eigenvalue weighted by atomic mass is 10.0. The third-order valence-corrected chi connectivity index (χ3v) is 2.95. The van der Waals surface area contributed by atoms with Gasteiger partial charge in [-0.15, -0.1) is 0 Å². The molecule has 1 heterocycles. The monoisotopic (exact) mass is 253 g/mol. The Bertz CT molecular complexity index is 351. The summed E-state index contributed by atoms with van der Waals surface area (Å²) in [5.41, 5.74) is 6.13. The summed E-state index contributed by atoms with van der Waals surface area (Å²) in [5, 5.41) is 2.78. The van der Waals surface area contributed by atoms with Crippen molar-refractivity contribution in [2.45, 2.75) is 32.4 Å². The molecule has 1 aromatic heterocycles. The van der Waals surface area contributed by atoms with Crippen molar-refractivity contribution in [2.24, 2.45) is 5.73 Å². The number of carbonyl (C=O) groups excluding carboxylic acids is 1. The van der Waals surface area contributed by atoms with Crippen LogP contribution >= 0.6 is 0 Å². The number of nitrogens with one attached hydrogen (secondary N) is 1. The summed E-state index contributed by atoms with van der Waals surface area (Å²) in [6.07, 6.45) is 2.45. The molecule has 0 aliphatic rings. The molecule has 3 N–H and O–H groups in total. The van der Waals surface area contributed by atoms with Crippen LogP contribution in [0, 0.1) is 0 Å². The maximum Gasteiger partial charge on any atom is 0.234 e. The molecule has 0 fully saturated rings. The van der Waals surface area contributed by atoms with Crippen LogP contribution in [0.5, 0.6) is 0 Å². The summed E-state index contributed by atoms with van der Waals surface area (Å²) in [7, 11) is 1.89. The molecule has 2 unspecified atom stereocenters. The van der Waals surface area contributed by atoms with E-state index in [0.29, 0.717) is 13.1 Å². The van der Waals surface area contributed by atoms with E-state index in [4.69, 9.17) is 10.2 Å². The molecule has 0 saturated heterocycles. The smallest absolute Gasteiger partial charge is 0.234 e. The van der Waals surface area contributed by atoms with Crippen molar-refractivity contribution in [3.63, 3.8) is 0 Å². The van der Waals surface area contributed by atoms with Gasteiger partial charge in [-0.2, -0.15) is 0 Å². The van der Waals surface area contributed by atoms with Crippen molar-refractivity contribution in [3.8, 4) is 0 Å². The zero-order chi connectivity index (χ0) is 13.5. The number of hydrogen-bond acceptors (Lipinski definition) is 4. The van der Waals surface area contributed by atoms with Crippen molar-refractivity contribution in [3.05, 3.63) is 24.2 Å². The number of nitrogens with zero attached hydrogens (tertiary/aromatic N) is 1. The van der Waals surface area contributed by atoms with Crippen molar-refractivity contribution >= 4 is 5.91 Å². The Morgan fingerprint density at radius 1 is 1.56 bits per heavy atom. The molecule has 5 nitrogen and oxygen atoms in total. The summed E-state index contributed by atoms with van der Waals surface area (Å²) in [4.78, 5) is 13.5. The highest BCUT2D eigenvalue weighted by atomic mass is 16.3. The van der Waals surface area contributed by atoms with E-state index in [2.05, 4.69) is 5.32 Å². The molecule has 0 bridgehead atoms. The lowest BCUT2D eigenvalue weighted by Crippen LogP contribution is -2.43. The summed E-state index contributed by atoms with van der Waals surface area (Å²) >= 11 is 0. The van der Waals surface area contributed by atoms with Gasteiger partial charge in [-0.05, 0) is 32.5 Å². The Kier molecular flexibility index (Phi) is 5.88. The van der Waals surface area contributed by atoms with Crippen LogP contribution in [-0.4, -0.2) is 37.0 Å². The molecular formula is C13H23N3O2. The van der Waals surface area contributed by atoms with Gasteiger partial charge in [0.2, 0.25) is 5.91 Å². The van der Waals surface area contributed by atoms with Gasteiger partial charge in [-0.1, -0.05) is 6.92 Å². The Hall–Kier alpha value is -1.33. The molecule has 1 amide bonds. The molecule has 0 aliphatic heterocycles. The summed E-state index contributed by atoms with van der Waals surface area (Å²) in [6, 6.07) is 3.60. The van der Waals surface area contributed by atoms with Gasteiger partial charge in [0.25, 0.3) is 0 Å². The lowest BCUT2D eigenvalue weighted by molar-refractivity contribution is -0.122. The standard InChI is InChI=1S/C13H23N3O2/c1-4-10(14)13(11-7-6-8-18-11)16(3)9-12(17)15-5-2/h6-8,10,13H,4-5,9,14H2,1-3H3,(H,15,17). The van der Waals surface area contributed by atoms with Gasteiger partial charge in [0.1, 0.15) is 5.76 Å². The maximum absolute atomic E-state index is 11.6. The SMILES string of the molecule is CCNC(=O)CN(C)C(c1ccco1)C(N)CC. The average Bonchev–Trinajstić information content (AvgIpc) is 2.82. The Balaban J connectivity index is 2.74. The highest BCUT2D eigenvalue weighted by molar-refractivity contribution is 5.77. The Labute approximate surface area is 108 Å². The first kappa shape index (κ1) is 14.7. The summed E-state index contributed by atoms with van der Waals surface area (Å²) in [5.74, 6) is 0.802. The molecule has 0 aromatic carbocycles. The molecule has 102 valence electrons. The van der Waals surface area contributed by atoms with Crippen molar-refractivity contribution in [2.75, 3.05) is 20.1 Å². The van der Waals surface area contributed by atoms with Gasteiger partial charge >= 0.3 is 0 Å². The normalized spacial score (nSPS) is 14.5. The van der Waals surface area contributed by atoms with Gasteiger partial charge in [-0.25, -0.2) is 0 Å². The number of hydrogen-bond donors (Lipinski definition) is 2. The molecule has 1 rings (SSSR count). The predicted octanol–water partition coefficient (Wildman–Crippen LogP) is 1.13. The van der Waals surface area contributed by atoms with Crippen LogP contribution in [0.3, 0.4) is 0 Å². The second-order valence-corrected chi connectivity index (χ2v) is 4.40. The first-order chi connectivity index (χ1) is 8.60. The first-order valence-electron chi connectivity index (χ1n) is 6.36. The number of rotatable bonds is 7. The van der Waals surface area contributed by atoms with Crippen molar-refractivity contribution in [1.82, 2.24) is 10.2 Å². The van der Waals surface area contributed by atoms with Gasteiger partial charge in [-0.3, -0.25) is 9.69 Å². The van der Waals surface area contributed by atoms with Crippen molar-refractivity contribution < 1.29 is 9.21 Å². The van der Waals surface area contributed by atoms with Crippen LogP contribution in [0.15, 0.2) is 22.8 Å². The zero-order valence-corrected chi connectivity index (χ0v) is 11.3. The predicted molar refractivity (Wildman–Crippen MR) is 71.0 cm³/mol. The summed E-state index contributed by atoms with van der Waals surface area (Å²) in [6.45, 7) is 4.88. The zero-order valence-electron chi connectivity index (χ0n) is 11.3. The largest absolute Gasteiger partial charge is 0.468 e. The minimum Gasteiger partial charge on any atom is -0.468 e. The van der Waals surface area contributed by atoms with E-state index in [1.807, 2.05) is 37.9 Å². The van der Waals surface area contributed by atoms with Crippen LogP contribution in [0.2, 0.25) is 0 Å². The number of carbonyl (C=O) groups is 1. The molecule has 1 aromatic rings. The second-order valence-electron chi connectivity index (χ2n) is 4.40. The van der Waals surface area contributed by atoms with Crippen LogP contribution in [0.25, 0.3) is 0 Å². The number of likely N-dealkylation sites (N-methyl/N-ethyl adjacent to an activating group) is 2. The average molecular weight is 253 g/mol. The topological polar surface area (TPSA) is 71.5 Å². The van der Waals surface area contributed by atoms with Crippen LogP contribution in [0.1, 0.15) is 32.1 Å². The quantitative estimate of drug-likeness (QED) is 0.764. The fraction of sp³-hybridized carbons (Fsp3) is 0.615. The van der Waals surface area contributed by atoms with Crippen LogP contribution < -0.4 is 11.1 Å². The van der Waals surface area contributed by atoms with E-state index < -0.39 is 0 Å². The third kappa shape index (κ3) is 3.85. The van der Waals surface area contributed by atoms with E-state index in [-0.39, 0.29) is 18.0 Å². The molecule has 5 heteroatoms. The fourth-order valence-corrected chi connectivity index (χ4v) is 2.02. The molecular weight excluding hydrogens is 230 g/mol. The van der Waals surface area contributed by atoms with E-state index in [9.17, 15) is 4.79 Å². The number of furan rings is 1. The van der Waals surface area contributed by atoms with E-state index in [1.165, 1.54) is 0 Å². The minimum absolute atomic E-state index is 0.000130. The molecule has 0 aliphatic carbocycles. The maximum atomic E-state index is 11.6. The van der Waals surface area contributed by atoms with E-state index in [1.54, 1.807) is 6.26 Å². The molecule has 2 atom stereocenters. The van der Waals surface area contributed by atoms with Gasteiger partial charge in [0, 0.05) is 12.6 Å². The first-order valence-corrected chi connectivity index (χ1v) is 6.36. The molecule has 0 spiro atoms. The van der Waals surface area contributed by atoms with E-state index in [0.717, 1.165) is 12.2 Å². The second kappa shape index (κ2) is 7.18. The summed E-state index contributed by atoms with van der Waals surface area (Å²) < 4.78 is 5.43. The highest BCUT2D eigenvalue weighted by Gasteiger charge is 2.26. The van der Waals surface area contributed by atoms with Gasteiger partial charge in [0.15, 0.2) is 0 Å². The Morgan fingerprint density at radius 3 is 2.78 bits per heavy atom.